The molecule has 0 atom stereocenters. The lowest BCUT2D eigenvalue weighted by molar-refractivity contribution is 0.0929. The zero-order valence-corrected chi connectivity index (χ0v) is 11.5. The molecule has 0 radical (unpaired) electrons. The summed E-state index contributed by atoms with van der Waals surface area (Å²) in [6.45, 7) is 0. The van der Waals surface area contributed by atoms with Crippen LogP contribution in [0.1, 0.15) is 23.3 Å². The average molecular weight is 283 g/mol. The Hall–Kier alpha value is -1.63. The molecule has 104 valence electrons. The fraction of sp³-hybridized carbons (Fsp3) is 0.500. The predicted molar refractivity (Wildman–Crippen MR) is 72.9 cm³/mol. The number of sulfone groups is 1. The molecule has 1 saturated heterocycles. The Bertz CT molecular complexity index is 557. The van der Waals surface area contributed by atoms with Crippen LogP contribution in [0.3, 0.4) is 0 Å². The van der Waals surface area contributed by atoms with Crippen molar-refractivity contribution in [3.63, 3.8) is 0 Å². The summed E-state index contributed by atoms with van der Waals surface area (Å²) < 4.78 is 22.6. The maximum atomic E-state index is 12.0. The second-order valence-corrected chi connectivity index (χ2v) is 6.86. The first-order chi connectivity index (χ1) is 9.00. The summed E-state index contributed by atoms with van der Waals surface area (Å²) in [5.41, 5.74) is 0.334. The van der Waals surface area contributed by atoms with Crippen LogP contribution in [0.25, 0.3) is 0 Å². The van der Waals surface area contributed by atoms with Crippen LogP contribution in [0.5, 0.6) is 0 Å². The lowest BCUT2D eigenvalue weighted by Gasteiger charge is -2.22. The van der Waals surface area contributed by atoms with Gasteiger partial charge in [-0.05, 0) is 25.0 Å². The van der Waals surface area contributed by atoms with E-state index in [0.717, 1.165) is 0 Å². The van der Waals surface area contributed by atoms with Crippen LogP contribution in [0, 0.1) is 0 Å². The average Bonchev–Trinajstić information content (AvgIpc) is 2.41. The lowest BCUT2D eigenvalue weighted by Crippen LogP contribution is -2.41. The Kier molecular flexibility index (Phi) is 4.04. The number of amides is 1. The molecule has 7 heteroatoms. The number of nitrogens with zero attached hydrogens (tertiary/aromatic N) is 1. The SMILES string of the molecule is CNc1cccc(C(=O)NC2CCS(=O)(=O)CC2)n1. The van der Waals surface area contributed by atoms with Crippen LogP contribution in [-0.2, 0) is 9.84 Å². The predicted octanol–water partition coefficient (Wildman–Crippen LogP) is 0.430. The first kappa shape index (κ1) is 13.8. The van der Waals surface area contributed by atoms with E-state index in [0.29, 0.717) is 24.4 Å². The molecular weight excluding hydrogens is 266 g/mol. The van der Waals surface area contributed by atoms with Crippen molar-refractivity contribution in [1.82, 2.24) is 10.3 Å². The van der Waals surface area contributed by atoms with Crippen LogP contribution in [-0.4, -0.2) is 43.9 Å². The maximum Gasteiger partial charge on any atom is 0.270 e. The molecule has 6 nitrogen and oxygen atoms in total. The summed E-state index contributed by atoms with van der Waals surface area (Å²) >= 11 is 0. The minimum Gasteiger partial charge on any atom is -0.373 e. The lowest BCUT2D eigenvalue weighted by atomic mass is 10.1. The van der Waals surface area contributed by atoms with Crippen molar-refractivity contribution in [2.75, 3.05) is 23.9 Å². The number of carbonyl (C=O) groups excluding carboxylic acids is 1. The largest absolute Gasteiger partial charge is 0.373 e. The summed E-state index contributed by atoms with van der Waals surface area (Å²) in [4.78, 5) is 16.1. The smallest absolute Gasteiger partial charge is 0.270 e. The van der Waals surface area contributed by atoms with Crippen molar-refractivity contribution in [1.29, 1.82) is 0 Å². The highest BCUT2D eigenvalue weighted by atomic mass is 32.2. The molecule has 2 rings (SSSR count). The number of rotatable bonds is 3. The van der Waals surface area contributed by atoms with Crippen molar-refractivity contribution in [3.8, 4) is 0 Å². The molecule has 1 aliphatic heterocycles. The molecule has 1 aromatic rings. The number of carbonyl (C=O) groups is 1. The molecule has 1 aliphatic rings. The fourth-order valence-corrected chi connectivity index (χ4v) is 3.49. The molecule has 0 aromatic carbocycles. The van der Waals surface area contributed by atoms with Gasteiger partial charge in [-0.2, -0.15) is 0 Å². The molecule has 0 bridgehead atoms. The minimum atomic E-state index is -2.90. The number of hydrogen-bond donors (Lipinski definition) is 2. The van der Waals surface area contributed by atoms with Crippen LogP contribution >= 0.6 is 0 Å². The second-order valence-electron chi connectivity index (χ2n) is 4.56. The van der Waals surface area contributed by atoms with Gasteiger partial charge >= 0.3 is 0 Å². The molecular formula is C12H17N3O3S. The Morgan fingerprint density at radius 2 is 2.00 bits per heavy atom. The Balaban J connectivity index is 1.98. The summed E-state index contributed by atoms with van der Waals surface area (Å²) in [6.07, 6.45) is 0.944. The van der Waals surface area contributed by atoms with Gasteiger partial charge in [-0.25, -0.2) is 13.4 Å². The van der Waals surface area contributed by atoms with Gasteiger partial charge in [-0.15, -0.1) is 0 Å². The third-order valence-electron chi connectivity index (χ3n) is 3.13. The van der Waals surface area contributed by atoms with E-state index < -0.39 is 9.84 Å². The zero-order chi connectivity index (χ0) is 13.9. The third kappa shape index (κ3) is 3.66. The minimum absolute atomic E-state index is 0.0870. The second kappa shape index (κ2) is 5.56. The van der Waals surface area contributed by atoms with Gasteiger partial charge in [0.1, 0.15) is 21.3 Å². The summed E-state index contributed by atoms with van der Waals surface area (Å²) in [7, 11) is -1.17. The van der Waals surface area contributed by atoms with E-state index in [9.17, 15) is 13.2 Å². The molecule has 2 heterocycles. The molecule has 0 aliphatic carbocycles. The summed E-state index contributed by atoms with van der Waals surface area (Å²) in [6, 6.07) is 5.06. The van der Waals surface area contributed by atoms with Crippen molar-refractivity contribution in [2.45, 2.75) is 18.9 Å². The van der Waals surface area contributed by atoms with Gasteiger partial charge in [0.25, 0.3) is 5.91 Å². The quantitative estimate of drug-likeness (QED) is 0.840. The molecule has 0 saturated carbocycles. The van der Waals surface area contributed by atoms with Crippen molar-refractivity contribution >= 4 is 21.6 Å². The van der Waals surface area contributed by atoms with Gasteiger partial charge in [0.2, 0.25) is 0 Å². The molecule has 1 aromatic heterocycles. The zero-order valence-electron chi connectivity index (χ0n) is 10.7. The van der Waals surface area contributed by atoms with E-state index in [-0.39, 0.29) is 23.5 Å². The van der Waals surface area contributed by atoms with E-state index in [4.69, 9.17) is 0 Å². The maximum absolute atomic E-state index is 12.0. The molecule has 0 unspecified atom stereocenters. The van der Waals surface area contributed by atoms with Gasteiger partial charge in [-0.1, -0.05) is 6.07 Å². The number of pyridine rings is 1. The van der Waals surface area contributed by atoms with Crippen LogP contribution in [0.2, 0.25) is 0 Å². The first-order valence-electron chi connectivity index (χ1n) is 6.16. The summed E-state index contributed by atoms with van der Waals surface area (Å²) in [5, 5.41) is 5.70. The number of anilines is 1. The van der Waals surface area contributed by atoms with Gasteiger partial charge in [0.15, 0.2) is 0 Å². The normalized spacial score (nSPS) is 18.8. The van der Waals surface area contributed by atoms with Crippen molar-refractivity contribution < 1.29 is 13.2 Å². The Labute approximate surface area is 112 Å². The number of aromatic nitrogens is 1. The molecule has 19 heavy (non-hydrogen) atoms. The van der Waals surface area contributed by atoms with E-state index in [2.05, 4.69) is 15.6 Å². The first-order valence-corrected chi connectivity index (χ1v) is 7.98. The Morgan fingerprint density at radius 3 is 2.63 bits per heavy atom. The summed E-state index contributed by atoms with van der Waals surface area (Å²) in [5.74, 6) is 0.643. The monoisotopic (exact) mass is 283 g/mol. The van der Waals surface area contributed by atoms with E-state index in [1.165, 1.54) is 0 Å². The van der Waals surface area contributed by atoms with Gasteiger partial charge in [0.05, 0.1) is 11.5 Å². The number of hydrogen-bond acceptors (Lipinski definition) is 5. The molecule has 1 fully saturated rings. The Morgan fingerprint density at radius 1 is 1.32 bits per heavy atom. The van der Waals surface area contributed by atoms with Crippen molar-refractivity contribution in [2.24, 2.45) is 0 Å². The third-order valence-corrected chi connectivity index (χ3v) is 4.84. The van der Waals surface area contributed by atoms with Gasteiger partial charge < -0.3 is 10.6 Å². The highest BCUT2D eigenvalue weighted by Crippen LogP contribution is 2.13. The van der Waals surface area contributed by atoms with E-state index >= 15 is 0 Å². The van der Waals surface area contributed by atoms with Gasteiger partial charge in [-0.3, -0.25) is 4.79 Å². The standard InChI is InChI=1S/C12H17N3O3S/c1-13-11-4-2-3-10(15-11)12(16)14-9-5-7-19(17,18)8-6-9/h2-4,9H,5-8H2,1H3,(H,13,15)(H,14,16). The highest BCUT2D eigenvalue weighted by Gasteiger charge is 2.25. The van der Waals surface area contributed by atoms with Gasteiger partial charge in [0, 0.05) is 13.1 Å². The number of nitrogens with one attached hydrogen (secondary N) is 2. The molecule has 2 N–H and O–H groups in total. The van der Waals surface area contributed by atoms with Crippen LogP contribution in [0.4, 0.5) is 5.82 Å². The highest BCUT2D eigenvalue weighted by molar-refractivity contribution is 7.91. The van der Waals surface area contributed by atoms with E-state index in [1.54, 1.807) is 25.2 Å². The topological polar surface area (TPSA) is 88.2 Å². The van der Waals surface area contributed by atoms with E-state index in [1.807, 2.05) is 0 Å². The van der Waals surface area contributed by atoms with Crippen LogP contribution in [0.15, 0.2) is 18.2 Å². The van der Waals surface area contributed by atoms with Crippen molar-refractivity contribution in [3.05, 3.63) is 23.9 Å². The molecule has 0 spiro atoms. The van der Waals surface area contributed by atoms with Crippen LogP contribution < -0.4 is 10.6 Å². The fourth-order valence-electron chi connectivity index (χ4n) is 1.99. The molecule has 1 amide bonds.